The van der Waals surface area contributed by atoms with Crippen LogP contribution in [-0.2, 0) is 21.2 Å². The number of sulfonamides is 1. The average molecular weight is 345 g/mol. The minimum atomic E-state index is -4.24. The number of hydrogen-bond acceptors (Lipinski definition) is 3. The van der Waals surface area contributed by atoms with E-state index in [-0.39, 0.29) is 17.4 Å². The summed E-state index contributed by atoms with van der Waals surface area (Å²) in [5.74, 6) is -5.19. The maximum absolute atomic E-state index is 13.5. The van der Waals surface area contributed by atoms with Crippen molar-refractivity contribution in [3.8, 4) is 0 Å². The van der Waals surface area contributed by atoms with Crippen molar-refractivity contribution in [2.75, 3.05) is 4.72 Å². The third-order valence-corrected chi connectivity index (χ3v) is 4.22. The molecular formula is C14H10F3NO4S. The molecule has 9 heteroatoms. The number of aliphatic carboxylic acids is 1. The van der Waals surface area contributed by atoms with E-state index in [0.29, 0.717) is 11.6 Å². The van der Waals surface area contributed by atoms with Crippen molar-refractivity contribution in [1.82, 2.24) is 0 Å². The van der Waals surface area contributed by atoms with Gasteiger partial charge in [-0.05, 0) is 17.7 Å². The van der Waals surface area contributed by atoms with Crippen molar-refractivity contribution in [1.29, 1.82) is 0 Å². The van der Waals surface area contributed by atoms with Crippen molar-refractivity contribution in [2.45, 2.75) is 11.3 Å². The van der Waals surface area contributed by atoms with Gasteiger partial charge in [-0.2, -0.15) is 0 Å². The van der Waals surface area contributed by atoms with E-state index in [9.17, 15) is 26.4 Å². The normalized spacial score (nSPS) is 11.3. The molecule has 0 aliphatic rings. The fraction of sp³-hybridized carbons (Fsp3) is 0.0714. The Kier molecular flexibility index (Phi) is 4.60. The third kappa shape index (κ3) is 4.01. The smallest absolute Gasteiger partial charge is 0.307 e. The summed E-state index contributed by atoms with van der Waals surface area (Å²) in [5, 5.41) is 8.63. The molecule has 0 atom stereocenters. The molecule has 0 bridgehead atoms. The lowest BCUT2D eigenvalue weighted by Crippen LogP contribution is -2.14. The minimum absolute atomic E-state index is 0.225. The van der Waals surface area contributed by atoms with E-state index in [1.165, 1.54) is 12.1 Å². The second-order valence-electron chi connectivity index (χ2n) is 4.57. The Bertz CT molecular complexity index is 851. The van der Waals surface area contributed by atoms with Gasteiger partial charge in [-0.15, -0.1) is 0 Å². The van der Waals surface area contributed by atoms with Gasteiger partial charge in [-0.25, -0.2) is 21.6 Å². The van der Waals surface area contributed by atoms with Gasteiger partial charge in [-0.3, -0.25) is 9.52 Å². The molecule has 122 valence electrons. The van der Waals surface area contributed by atoms with Gasteiger partial charge in [0.2, 0.25) is 0 Å². The number of benzene rings is 2. The molecule has 0 saturated carbocycles. The van der Waals surface area contributed by atoms with Crippen LogP contribution in [-0.4, -0.2) is 19.5 Å². The van der Waals surface area contributed by atoms with E-state index >= 15 is 0 Å². The number of hydrogen-bond donors (Lipinski definition) is 2. The van der Waals surface area contributed by atoms with Crippen molar-refractivity contribution in [3.05, 3.63) is 59.4 Å². The van der Waals surface area contributed by atoms with Crippen LogP contribution >= 0.6 is 0 Å². The highest BCUT2D eigenvalue weighted by atomic mass is 32.2. The highest BCUT2D eigenvalue weighted by Gasteiger charge is 2.18. The Balaban J connectivity index is 2.28. The molecule has 23 heavy (non-hydrogen) atoms. The Hall–Kier alpha value is -2.55. The molecular weight excluding hydrogens is 335 g/mol. The van der Waals surface area contributed by atoms with Crippen molar-refractivity contribution >= 4 is 21.7 Å². The Morgan fingerprint density at radius 3 is 2.13 bits per heavy atom. The summed E-state index contributed by atoms with van der Waals surface area (Å²) in [7, 11) is -4.24. The maximum Gasteiger partial charge on any atom is 0.307 e. The highest BCUT2D eigenvalue weighted by Crippen LogP contribution is 2.22. The average Bonchev–Trinajstić information content (AvgIpc) is 2.44. The summed E-state index contributed by atoms with van der Waals surface area (Å²) in [5.41, 5.74) is -0.367. The standard InChI is InChI=1S/C14H10F3NO4S/c15-10-6-12(17)13(7-11(10)16)18-23(21,22)9-3-1-8(2-4-9)5-14(19)20/h1-4,6-7,18H,5H2,(H,19,20). The van der Waals surface area contributed by atoms with Crippen LogP contribution in [0.25, 0.3) is 0 Å². The Morgan fingerprint density at radius 1 is 1.00 bits per heavy atom. The quantitative estimate of drug-likeness (QED) is 0.816. The lowest BCUT2D eigenvalue weighted by Gasteiger charge is -2.10. The lowest BCUT2D eigenvalue weighted by atomic mass is 10.2. The van der Waals surface area contributed by atoms with Crippen LogP contribution in [0.15, 0.2) is 41.3 Å². The van der Waals surface area contributed by atoms with E-state index in [4.69, 9.17) is 5.11 Å². The predicted molar refractivity (Wildman–Crippen MR) is 74.9 cm³/mol. The Morgan fingerprint density at radius 2 is 1.57 bits per heavy atom. The summed E-state index contributed by atoms with van der Waals surface area (Å²) in [6.45, 7) is 0. The topological polar surface area (TPSA) is 83.5 Å². The molecule has 2 N–H and O–H groups in total. The zero-order valence-corrected chi connectivity index (χ0v) is 12.2. The monoisotopic (exact) mass is 345 g/mol. The third-order valence-electron chi connectivity index (χ3n) is 2.84. The number of anilines is 1. The van der Waals surface area contributed by atoms with E-state index in [1.807, 2.05) is 0 Å². The van der Waals surface area contributed by atoms with Gasteiger partial charge in [-0.1, -0.05) is 12.1 Å². The number of halogens is 3. The van der Waals surface area contributed by atoms with E-state index in [2.05, 4.69) is 0 Å². The minimum Gasteiger partial charge on any atom is -0.481 e. The van der Waals surface area contributed by atoms with Crippen LogP contribution in [0.2, 0.25) is 0 Å². The molecule has 0 aliphatic heterocycles. The largest absolute Gasteiger partial charge is 0.481 e. The molecule has 0 saturated heterocycles. The van der Waals surface area contributed by atoms with Crippen LogP contribution in [0.5, 0.6) is 0 Å². The van der Waals surface area contributed by atoms with Gasteiger partial charge in [0, 0.05) is 12.1 Å². The van der Waals surface area contributed by atoms with Gasteiger partial charge in [0.05, 0.1) is 17.0 Å². The second-order valence-corrected chi connectivity index (χ2v) is 6.25. The summed E-state index contributed by atoms with van der Waals surface area (Å²) >= 11 is 0. The fourth-order valence-electron chi connectivity index (χ4n) is 1.77. The van der Waals surface area contributed by atoms with E-state index in [0.717, 1.165) is 12.1 Å². The second kappa shape index (κ2) is 6.29. The molecule has 0 radical (unpaired) electrons. The number of nitrogens with one attached hydrogen (secondary N) is 1. The zero-order chi connectivity index (χ0) is 17.2. The Labute approximate surface area is 129 Å². The lowest BCUT2D eigenvalue weighted by molar-refractivity contribution is -0.136. The van der Waals surface area contributed by atoms with Gasteiger partial charge in [0.15, 0.2) is 11.6 Å². The molecule has 0 fully saturated rings. The van der Waals surface area contributed by atoms with Crippen LogP contribution in [0, 0.1) is 17.5 Å². The van der Waals surface area contributed by atoms with Gasteiger partial charge in [0.25, 0.3) is 10.0 Å². The molecule has 0 amide bonds. The summed E-state index contributed by atoms with van der Waals surface area (Å²) in [6.07, 6.45) is -0.286. The summed E-state index contributed by atoms with van der Waals surface area (Å²) in [6, 6.07) is 5.43. The number of carboxylic acid groups (broad SMARTS) is 1. The molecule has 2 aromatic rings. The SMILES string of the molecule is O=C(O)Cc1ccc(S(=O)(=O)Nc2cc(F)c(F)cc2F)cc1. The summed E-state index contributed by atoms with van der Waals surface area (Å²) < 4.78 is 65.3. The van der Waals surface area contributed by atoms with Gasteiger partial charge >= 0.3 is 5.97 Å². The first-order valence-electron chi connectivity index (χ1n) is 6.17. The molecule has 0 spiro atoms. The number of carbonyl (C=O) groups is 1. The molecule has 0 heterocycles. The molecule has 2 aromatic carbocycles. The van der Waals surface area contributed by atoms with Crippen LogP contribution in [0.3, 0.4) is 0 Å². The van der Waals surface area contributed by atoms with Crippen LogP contribution < -0.4 is 4.72 Å². The zero-order valence-electron chi connectivity index (χ0n) is 11.4. The number of carboxylic acids is 1. The van der Waals surface area contributed by atoms with Crippen LogP contribution in [0.4, 0.5) is 18.9 Å². The van der Waals surface area contributed by atoms with Crippen molar-refractivity contribution < 1.29 is 31.5 Å². The van der Waals surface area contributed by atoms with Crippen LogP contribution in [0.1, 0.15) is 5.56 Å². The van der Waals surface area contributed by atoms with Gasteiger partial charge < -0.3 is 5.11 Å². The molecule has 2 rings (SSSR count). The van der Waals surface area contributed by atoms with Crippen molar-refractivity contribution in [2.24, 2.45) is 0 Å². The first-order valence-corrected chi connectivity index (χ1v) is 7.65. The maximum atomic E-state index is 13.5. The van der Waals surface area contributed by atoms with Gasteiger partial charge in [0.1, 0.15) is 5.82 Å². The first-order chi connectivity index (χ1) is 10.7. The number of rotatable bonds is 5. The molecule has 0 aliphatic carbocycles. The first kappa shape index (κ1) is 16.8. The summed E-state index contributed by atoms with van der Waals surface area (Å²) in [4.78, 5) is 10.3. The fourth-order valence-corrected chi connectivity index (χ4v) is 2.82. The highest BCUT2D eigenvalue weighted by molar-refractivity contribution is 7.92. The molecule has 0 unspecified atom stereocenters. The van der Waals surface area contributed by atoms with Crippen molar-refractivity contribution in [3.63, 3.8) is 0 Å². The molecule has 5 nitrogen and oxygen atoms in total. The molecule has 0 aromatic heterocycles. The predicted octanol–water partition coefficient (Wildman–Crippen LogP) is 2.53. The van der Waals surface area contributed by atoms with E-state index < -0.39 is 39.1 Å². The van der Waals surface area contributed by atoms with E-state index in [1.54, 1.807) is 4.72 Å².